The molecule has 5 nitrogen and oxygen atoms in total. The van der Waals surface area contributed by atoms with Gasteiger partial charge in [-0.3, -0.25) is 0 Å². The minimum absolute atomic E-state index is 0.144. The van der Waals surface area contributed by atoms with Gasteiger partial charge in [-0.05, 0) is 42.5 Å². The predicted molar refractivity (Wildman–Crippen MR) is 84.1 cm³/mol. The molecule has 1 atom stereocenters. The lowest BCUT2D eigenvalue weighted by Gasteiger charge is -2.32. The number of thiophene rings is 1. The van der Waals surface area contributed by atoms with Gasteiger partial charge in [0.25, 0.3) is 0 Å². The van der Waals surface area contributed by atoms with E-state index in [1.807, 2.05) is 18.4 Å². The fourth-order valence-electron chi connectivity index (χ4n) is 2.73. The SMILES string of the molecule is CNc1ncccc1S(=O)(=O)N1CCc2sccc2C1C. The second-order valence-electron chi connectivity index (χ2n) is 4.94. The van der Waals surface area contributed by atoms with E-state index in [2.05, 4.69) is 10.3 Å². The van der Waals surface area contributed by atoms with Crippen molar-refractivity contribution in [3.63, 3.8) is 0 Å². The summed E-state index contributed by atoms with van der Waals surface area (Å²) in [6.07, 6.45) is 2.35. The van der Waals surface area contributed by atoms with Gasteiger partial charge in [0.15, 0.2) is 0 Å². The highest BCUT2D eigenvalue weighted by atomic mass is 32.2. The Morgan fingerprint density at radius 3 is 3.00 bits per heavy atom. The van der Waals surface area contributed by atoms with E-state index in [1.165, 1.54) is 4.88 Å². The number of aromatic nitrogens is 1. The number of hydrogen-bond donors (Lipinski definition) is 1. The number of rotatable bonds is 3. The summed E-state index contributed by atoms with van der Waals surface area (Å²) in [4.78, 5) is 5.62. The van der Waals surface area contributed by atoms with Crippen molar-refractivity contribution in [1.29, 1.82) is 0 Å². The van der Waals surface area contributed by atoms with Crippen LogP contribution < -0.4 is 5.32 Å². The van der Waals surface area contributed by atoms with Gasteiger partial charge in [-0.15, -0.1) is 11.3 Å². The molecule has 21 heavy (non-hydrogen) atoms. The third-order valence-electron chi connectivity index (χ3n) is 3.82. The van der Waals surface area contributed by atoms with Crippen LogP contribution in [0.5, 0.6) is 0 Å². The summed E-state index contributed by atoms with van der Waals surface area (Å²) < 4.78 is 27.5. The van der Waals surface area contributed by atoms with Crippen LogP contribution in [0.25, 0.3) is 0 Å². The van der Waals surface area contributed by atoms with Gasteiger partial charge in [0.05, 0.1) is 0 Å². The van der Waals surface area contributed by atoms with E-state index in [1.54, 1.807) is 41.0 Å². The molecule has 0 aliphatic carbocycles. The van der Waals surface area contributed by atoms with Crippen molar-refractivity contribution in [3.8, 4) is 0 Å². The molecule has 0 saturated carbocycles. The molecule has 0 saturated heterocycles. The Morgan fingerprint density at radius 1 is 1.43 bits per heavy atom. The average Bonchev–Trinajstić information content (AvgIpc) is 2.96. The highest BCUT2D eigenvalue weighted by molar-refractivity contribution is 7.89. The number of hydrogen-bond acceptors (Lipinski definition) is 5. The second-order valence-corrected chi connectivity index (χ2v) is 7.80. The summed E-state index contributed by atoms with van der Waals surface area (Å²) in [6, 6.07) is 5.13. The van der Waals surface area contributed by atoms with Crippen molar-refractivity contribution in [2.24, 2.45) is 0 Å². The highest BCUT2D eigenvalue weighted by Crippen LogP contribution is 2.37. The largest absolute Gasteiger partial charge is 0.372 e. The van der Waals surface area contributed by atoms with Crippen molar-refractivity contribution in [2.45, 2.75) is 24.3 Å². The van der Waals surface area contributed by atoms with Crippen molar-refractivity contribution in [1.82, 2.24) is 9.29 Å². The molecule has 7 heteroatoms. The summed E-state index contributed by atoms with van der Waals surface area (Å²) in [5.74, 6) is 0.390. The molecule has 112 valence electrons. The number of fused-ring (bicyclic) bond motifs is 1. The Hall–Kier alpha value is -1.44. The fourth-order valence-corrected chi connectivity index (χ4v) is 5.45. The van der Waals surface area contributed by atoms with E-state index < -0.39 is 10.0 Å². The smallest absolute Gasteiger partial charge is 0.247 e. The van der Waals surface area contributed by atoms with Crippen LogP contribution in [0.3, 0.4) is 0 Å². The molecule has 1 aliphatic rings. The van der Waals surface area contributed by atoms with Crippen LogP contribution in [0.4, 0.5) is 5.82 Å². The zero-order valence-electron chi connectivity index (χ0n) is 11.9. The van der Waals surface area contributed by atoms with Gasteiger partial charge in [-0.1, -0.05) is 0 Å². The molecule has 3 rings (SSSR count). The maximum Gasteiger partial charge on any atom is 0.247 e. The topological polar surface area (TPSA) is 62.3 Å². The van der Waals surface area contributed by atoms with Crippen molar-refractivity contribution >= 4 is 27.2 Å². The molecule has 0 fully saturated rings. The summed E-state index contributed by atoms with van der Waals surface area (Å²) in [6.45, 7) is 2.45. The lowest BCUT2D eigenvalue weighted by atomic mass is 10.0. The highest BCUT2D eigenvalue weighted by Gasteiger charge is 2.35. The van der Waals surface area contributed by atoms with E-state index in [9.17, 15) is 8.42 Å². The summed E-state index contributed by atoms with van der Waals surface area (Å²) >= 11 is 1.70. The normalized spacial score (nSPS) is 19.2. The van der Waals surface area contributed by atoms with Gasteiger partial charge in [0, 0.05) is 30.7 Å². The number of pyridine rings is 1. The van der Waals surface area contributed by atoms with Gasteiger partial charge in [0.1, 0.15) is 10.7 Å². The number of nitrogens with one attached hydrogen (secondary N) is 1. The Morgan fingerprint density at radius 2 is 2.24 bits per heavy atom. The van der Waals surface area contributed by atoms with E-state index in [-0.39, 0.29) is 10.9 Å². The molecule has 0 spiro atoms. The molecular weight excluding hydrogens is 306 g/mol. The first-order chi connectivity index (χ1) is 10.1. The van der Waals surface area contributed by atoms with Gasteiger partial charge in [-0.25, -0.2) is 13.4 Å². The Labute approximate surface area is 128 Å². The second kappa shape index (κ2) is 5.40. The molecule has 0 bridgehead atoms. The predicted octanol–water partition coefficient (Wildman–Crippen LogP) is 2.49. The van der Waals surface area contributed by atoms with Crippen molar-refractivity contribution in [3.05, 3.63) is 40.2 Å². The summed E-state index contributed by atoms with van der Waals surface area (Å²) in [5, 5.41) is 4.88. The monoisotopic (exact) mass is 323 g/mol. The molecule has 3 heterocycles. The van der Waals surface area contributed by atoms with E-state index in [0.29, 0.717) is 12.4 Å². The molecule has 1 aliphatic heterocycles. The van der Waals surface area contributed by atoms with E-state index >= 15 is 0 Å². The van der Waals surface area contributed by atoms with Crippen LogP contribution >= 0.6 is 11.3 Å². The average molecular weight is 323 g/mol. The minimum Gasteiger partial charge on any atom is -0.372 e. The third-order valence-corrected chi connectivity index (χ3v) is 6.81. The van der Waals surface area contributed by atoms with Crippen LogP contribution in [-0.4, -0.2) is 31.3 Å². The molecular formula is C14H17N3O2S2. The molecule has 1 unspecified atom stereocenters. The first kappa shape index (κ1) is 14.5. The quantitative estimate of drug-likeness (QED) is 0.942. The summed E-state index contributed by atoms with van der Waals surface area (Å²) in [5.41, 5.74) is 1.12. The Kier molecular flexibility index (Phi) is 3.73. The Bertz CT molecular complexity index is 755. The van der Waals surface area contributed by atoms with Crippen LogP contribution in [0.2, 0.25) is 0 Å². The van der Waals surface area contributed by atoms with Gasteiger partial charge in [-0.2, -0.15) is 4.31 Å². The maximum absolute atomic E-state index is 13.0. The Balaban J connectivity index is 2.04. The molecule has 2 aromatic heterocycles. The molecule has 1 N–H and O–H groups in total. The van der Waals surface area contributed by atoms with Gasteiger partial charge < -0.3 is 5.32 Å². The van der Waals surface area contributed by atoms with Crippen LogP contribution in [0, 0.1) is 0 Å². The molecule has 2 aromatic rings. The molecule has 0 radical (unpaired) electrons. The number of anilines is 1. The maximum atomic E-state index is 13.0. The van der Waals surface area contributed by atoms with Gasteiger partial charge >= 0.3 is 0 Å². The van der Waals surface area contributed by atoms with E-state index in [0.717, 1.165) is 12.0 Å². The van der Waals surface area contributed by atoms with Crippen LogP contribution in [0.1, 0.15) is 23.4 Å². The minimum atomic E-state index is -3.56. The summed E-state index contributed by atoms with van der Waals surface area (Å²) in [7, 11) is -1.88. The van der Waals surface area contributed by atoms with Crippen molar-refractivity contribution in [2.75, 3.05) is 18.9 Å². The zero-order chi connectivity index (χ0) is 15.0. The van der Waals surface area contributed by atoms with Gasteiger partial charge in [0.2, 0.25) is 10.0 Å². The number of nitrogens with zero attached hydrogens (tertiary/aromatic N) is 2. The lowest BCUT2D eigenvalue weighted by molar-refractivity contribution is 0.329. The van der Waals surface area contributed by atoms with Crippen LogP contribution in [0.15, 0.2) is 34.7 Å². The third kappa shape index (κ3) is 2.35. The van der Waals surface area contributed by atoms with Crippen molar-refractivity contribution < 1.29 is 8.42 Å². The first-order valence-electron chi connectivity index (χ1n) is 6.76. The number of sulfonamides is 1. The molecule has 0 aromatic carbocycles. The van der Waals surface area contributed by atoms with E-state index in [4.69, 9.17) is 0 Å². The first-order valence-corrected chi connectivity index (χ1v) is 9.08. The standard InChI is InChI=1S/C14H17N3O2S2/c1-10-11-6-9-20-12(11)5-8-17(10)21(18,19)13-4-3-7-16-14(13)15-2/h3-4,6-7,9-10H,5,8H2,1-2H3,(H,15,16). The zero-order valence-corrected chi connectivity index (χ0v) is 13.5. The lowest BCUT2D eigenvalue weighted by Crippen LogP contribution is -2.38. The fraction of sp³-hybridized carbons (Fsp3) is 0.357. The molecule has 0 amide bonds. The van der Waals surface area contributed by atoms with Crippen LogP contribution in [-0.2, 0) is 16.4 Å².